The highest BCUT2D eigenvalue weighted by atomic mass is 35.5. The summed E-state index contributed by atoms with van der Waals surface area (Å²) in [6, 6.07) is 15.4. The summed E-state index contributed by atoms with van der Waals surface area (Å²) in [6.45, 7) is 1.47. The van der Waals surface area contributed by atoms with E-state index >= 15 is 0 Å². The largest absolute Gasteiger partial charge is 0.495 e. The molecule has 1 aliphatic rings. The third-order valence-electron chi connectivity index (χ3n) is 4.15. The summed E-state index contributed by atoms with van der Waals surface area (Å²) < 4.78 is 5.26. The number of amides is 2. The van der Waals surface area contributed by atoms with E-state index in [9.17, 15) is 4.79 Å². The van der Waals surface area contributed by atoms with Gasteiger partial charge in [0, 0.05) is 24.0 Å². The minimum absolute atomic E-state index is 0.121. The Morgan fingerprint density at radius 1 is 1.26 bits per heavy atom. The molecule has 1 unspecified atom stereocenters. The van der Waals surface area contributed by atoms with Crippen LogP contribution in [0.4, 0.5) is 10.5 Å². The number of hydrogen-bond donors (Lipinski definition) is 1. The molecular formula is C18H19ClN2O2. The summed E-state index contributed by atoms with van der Waals surface area (Å²) in [6.07, 6.45) is 0.976. The predicted molar refractivity (Wildman–Crippen MR) is 92.4 cm³/mol. The Kier molecular flexibility index (Phi) is 4.72. The first-order valence-electron chi connectivity index (χ1n) is 7.62. The molecule has 23 heavy (non-hydrogen) atoms. The van der Waals surface area contributed by atoms with E-state index in [4.69, 9.17) is 16.3 Å². The zero-order valence-electron chi connectivity index (χ0n) is 13.0. The molecule has 120 valence electrons. The second-order valence-corrected chi connectivity index (χ2v) is 6.05. The first-order valence-corrected chi connectivity index (χ1v) is 7.99. The van der Waals surface area contributed by atoms with Crippen LogP contribution in [-0.4, -0.2) is 31.1 Å². The molecule has 1 heterocycles. The zero-order valence-corrected chi connectivity index (χ0v) is 13.7. The molecular weight excluding hydrogens is 312 g/mol. The molecule has 2 aromatic carbocycles. The number of carbonyl (C=O) groups excluding carboxylic acids is 1. The first kappa shape index (κ1) is 15.7. The van der Waals surface area contributed by atoms with Crippen LogP contribution in [0, 0.1) is 0 Å². The van der Waals surface area contributed by atoms with E-state index in [1.165, 1.54) is 5.56 Å². The van der Waals surface area contributed by atoms with Gasteiger partial charge in [-0.2, -0.15) is 0 Å². The quantitative estimate of drug-likeness (QED) is 0.908. The first-order chi connectivity index (χ1) is 11.2. The summed E-state index contributed by atoms with van der Waals surface area (Å²) in [5.41, 5.74) is 1.87. The Hall–Kier alpha value is -2.20. The number of benzene rings is 2. The monoisotopic (exact) mass is 330 g/mol. The van der Waals surface area contributed by atoms with Crippen molar-refractivity contribution in [2.75, 3.05) is 25.5 Å². The summed E-state index contributed by atoms with van der Waals surface area (Å²) >= 11 is 6.00. The molecule has 2 aromatic rings. The average Bonchev–Trinajstić information content (AvgIpc) is 3.06. The molecule has 1 N–H and O–H groups in total. The van der Waals surface area contributed by atoms with Crippen LogP contribution in [0.25, 0.3) is 0 Å². The highest BCUT2D eigenvalue weighted by molar-refractivity contribution is 6.31. The van der Waals surface area contributed by atoms with E-state index in [0.717, 1.165) is 19.5 Å². The topological polar surface area (TPSA) is 41.6 Å². The number of anilines is 1. The molecule has 1 saturated heterocycles. The average molecular weight is 331 g/mol. The fraction of sp³-hybridized carbons (Fsp3) is 0.278. The predicted octanol–water partition coefficient (Wildman–Crippen LogP) is 4.37. The SMILES string of the molecule is COc1ccc(Cl)cc1NC(=O)N1CCC(c2ccccc2)C1. The minimum Gasteiger partial charge on any atom is -0.495 e. The van der Waals surface area contributed by atoms with Crippen LogP contribution in [0.1, 0.15) is 17.9 Å². The van der Waals surface area contributed by atoms with Crippen molar-refractivity contribution in [2.45, 2.75) is 12.3 Å². The molecule has 0 radical (unpaired) electrons. The fourth-order valence-corrected chi connectivity index (χ4v) is 3.09. The van der Waals surface area contributed by atoms with E-state index in [2.05, 4.69) is 17.4 Å². The van der Waals surface area contributed by atoms with Crippen LogP contribution in [0.15, 0.2) is 48.5 Å². The van der Waals surface area contributed by atoms with E-state index in [0.29, 0.717) is 22.4 Å². The van der Waals surface area contributed by atoms with Crippen LogP contribution < -0.4 is 10.1 Å². The van der Waals surface area contributed by atoms with Gasteiger partial charge in [0.1, 0.15) is 5.75 Å². The molecule has 1 aliphatic heterocycles. The van der Waals surface area contributed by atoms with Crippen molar-refractivity contribution in [2.24, 2.45) is 0 Å². The Morgan fingerprint density at radius 3 is 2.78 bits per heavy atom. The summed E-state index contributed by atoms with van der Waals surface area (Å²) in [7, 11) is 1.57. The van der Waals surface area contributed by atoms with Crippen molar-refractivity contribution in [3.63, 3.8) is 0 Å². The maximum absolute atomic E-state index is 12.5. The lowest BCUT2D eigenvalue weighted by Gasteiger charge is -2.19. The van der Waals surface area contributed by atoms with Crippen LogP contribution >= 0.6 is 11.6 Å². The van der Waals surface area contributed by atoms with Gasteiger partial charge in [0.25, 0.3) is 0 Å². The molecule has 0 aliphatic carbocycles. The summed E-state index contributed by atoms with van der Waals surface area (Å²) in [5, 5.41) is 3.45. The smallest absolute Gasteiger partial charge is 0.321 e. The Bertz CT molecular complexity index is 691. The van der Waals surface area contributed by atoms with Crippen molar-refractivity contribution < 1.29 is 9.53 Å². The van der Waals surface area contributed by atoms with Gasteiger partial charge in [0.05, 0.1) is 12.8 Å². The molecule has 0 bridgehead atoms. The van der Waals surface area contributed by atoms with Gasteiger partial charge in [-0.05, 0) is 30.2 Å². The molecule has 2 amide bonds. The molecule has 1 fully saturated rings. The number of nitrogens with one attached hydrogen (secondary N) is 1. The third-order valence-corrected chi connectivity index (χ3v) is 4.38. The van der Waals surface area contributed by atoms with Crippen LogP contribution in [0.3, 0.4) is 0 Å². The van der Waals surface area contributed by atoms with E-state index in [1.54, 1.807) is 25.3 Å². The normalized spacial score (nSPS) is 17.1. The van der Waals surface area contributed by atoms with Gasteiger partial charge in [-0.15, -0.1) is 0 Å². The van der Waals surface area contributed by atoms with Gasteiger partial charge in [-0.25, -0.2) is 4.79 Å². The number of carbonyl (C=O) groups is 1. The lowest BCUT2D eigenvalue weighted by atomic mass is 9.99. The number of halogens is 1. The standard InChI is InChI=1S/C18H19ClN2O2/c1-23-17-8-7-15(19)11-16(17)20-18(22)21-10-9-14(12-21)13-5-3-2-4-6-13/h2-8,11,14H,9-10,12H2,1H3,(H,20,22). The van der Waals surface area contributed by atoms with Gasteiger partial charge in [0.15, 0.2) is 0 Å². The van der Waals surface area contributed by atoms with E-state index in [1.807, 2.05) is 23.1 Å². The summed E-state index contributed by atoms with van der Waals surface area (Å²) in [4.78, 5) is 14.3. The molecule has 1 atom stereocenters. The van der Waals surface area contributed by atoms with Crippen LogP contribution in [0.5, 0.6) is 5.75 Å². The number of rotatable bonds is 3. The molecule has 0 spiro atoms. The maximum Gasteiger partial charge on any atom is 0.321 e. The molecule has 5 heteroatoms. The van der Waals surface area contributed by atoms with Crippen molar-refractivity contribution in [1.29, 1.82) is 0 Å². The second-order valence-electron chi connectivity index (χ2n) is 5.62. The van der Waals surface area contributed by atoms with Gasteiger partial charge in [0.2, 0.25) is 0 Å². The number of nitrogens with zero attached hydrogens (tertiary/aromatic N) is 1. The van der Waals surface area contributed by atoms with Crippen molar-refractivity contribution >= 4 is 23.3 Å². The fourth-order valence-electron chi connectivity index (χ4n) is 2.91. The lowest BCUT2D eigenvalue weighted by molar-refractivity contribution is 0.222. The second kappa shape index (κ2) is 6.92. The highest BCUT2D eigenvalue weighted by Crippen LogP contribution is 2.30. The van der Waals surface area contributed by atoms with Gasteiger partial charge < -0.3 is 15.0 Å². The van der Waals surface area contributed by atoms with Crippen molar-refractivity contribution in [1.82, 2.24) is 4.90 Å². The number of hydrogen-bond acceptors (Lipinski definition) is 2. The molecule has 4 nitrogen and oxygen atoms in total. The number of likely N-dealkylation sites (tertiary alicyclic amines) is 1. The molecule has 0 saturated carbocycles. The van der Waals surface area contributed by atoms with Crippen LogP contribution in [-0.2, 0) is 0 Å². The lowest BCUT2D eigenvalue weighted by Crippen LogP contribution is -2.32. The maximum atomic E-state index is 12.5. The number of ether oxygens (including phenoxy) is 1. The van der Waals surface area contributed by atoms with Crippen molar-refractivity contribution in [3.8, 4) is 5.75 Å². The molecule has 3 rings (SSSR count). The number of methoxy groups -OCH3 is 1. The van der Waals surface area contributed by atoms with Gasteiger partial charge >= 0.3 is 6.03 Å². The van der Waals surface area contributed by atoms with Crippen molar-refractivity contribution in [3.05, 3.63) is 59.1 Å². The number of urea groups is 1. The zero-order chi connectivity index (χ0) is 16.2. The van der Waals surface area contributed by atoms with E-state index in [-0.39, 0.29) is 6.03 Å². The highest BCUT2D eigenvalue weighted by Gasteiger charge is 2.27. The Balaban J connectivity index is 1.67. The minimum atomic E-state index is -0.121. The Labute approximate surface area is 141 Å². The van der Waals surface area contributed by atoms with Gasteiger partial charge in [-0.1, -0.05) is 41.9 Å². The van der Waals surface area contributed by atoms with Crippen LogP contribution in [0.2, 0.25) is 5.02 Å². The summed E-state index contributed by atoms with van der Waals surface area (Å²) in [5.74, 6) is 0.991. The third kappa shape index (κ3) is 3.59. The van der Waals surface area contributed by atoms with E-state index < -0.39 is 0 Å². The van der Waals surface area contributed by atoms with Gasteiger partial charge in [-0.3, -0.25) is 0 Å². The molecule has 0 aromatic heterocycles. The Morgan fingerprint density at radius 2 is 2.04 bits per heavy atom.